The van der Waals surface area contributed by atoms with E-state index in [1.807, 2.05) is 18.2 Å². The van der Waals surface area contributed by atoms with Crippen LogP contribution < -0.4 is 10.2 Å². The van der Waals surface area contributed by atoms with Gasteiger partial charge in [-0.05, 0) is 48.5 Å². The standard InChI is InChI=1S/C25H26N4O4/c30-23-7-8-24(31)29(23)21-4-1-18(2-5-21)25(32)26-20-3-6-22-19(17-20)9-10-28(22)12-11-27-13-15-33-16-14-27/h1-6,9-10,17H,7-8,11-16H2,(H,26,32). The molecule has 0 unspecified atom stereocenters. The SMILES string of the molecule is O=C(Nc1ccc2c(ccn2CCN2CCOCC2)c1)c1ccc(N2C(=O)CCC2=O)cc1. The number of nitrogens with zero attached hydrogens (tertiary/aromatic N) is 3. The maximum Gasteiger partial charge on any atom is 0.255 e. The summed E-state index contributed by atoms with van der Waals surface area (Å²) in [5.74, 6) is -0.656. The fourth-order valence-electron chi connectivity index (χ4n) is 4.38. The molecule has 3 aromatic rings. The summed E-state index contributed by atoms with van der Waals surface area (Å²) >= 11 is 0. The Morgan fingerprint density at radius 2 is 1.64 bits per heavy atom. The highest BCUT2D eigenvalue weighted by Gasteiger charge is 2.30. The van der Waals surface area contributed by atoms with Crippen molar-refractivity contribution in [1.82, 2.24) is 9.47 Å². The summed E-state index contributed by atoms with van der Waals surface area (Å²) in [7, 11) is 0. The van der Waals surface area contributed by atoms with Gasteiger partial charge in [0, 0.05) is 67.4 Å². The van der Waals surface area contributed by atoms with Crippen molar-refractivity contribution in [3.63, 3.8) is 0 Å². The first-order valence-electron chi connectivity index (χ1n) is 11.2. The Hall–Kier alpha value is -3.49. The molecule has 2 fully saturated rings. The number of ether oxygens (including phenoxy) is 1. The number of benzene rings is 2. The van der Waals surface area contributed by atoms with Gasteiger partial charge in [0.05, 0.1) is 18.9 Å². The number of amides is 3. The van der Waals surface area contributed by atoms with Gasteiger partial charge in [-0.3, -0.25) is 24.2 Å². The molecule has 33 heavy (non-hydrogen) atoms. The van der Waals surface area contributed by atoms with Crippen molar-refractivity contribution in [2.45, 2.75) is 19.4 Å². The average Bonchev–Trinajstić information content (AvgIpc) is 3.40. The molecule has 0 atom stereocenters. The highest BCUT2D eigenvalue weighted by atomic mass is 16.5. The zero-order valence-electron chi connectivity index (χ0n) is 18.3. The number of carbonyl (C=O) groups is 3. The normalized spacial score (nSPS) is 17.2. The minimum absolute atomic E-state index is 0.206. The topological polar surface area (TPSA) is 83.9 Å². The van der Waals surface area contributed by atoms with E-state index >= 15 is 0 Å². The lowest BCUT2D eigenvalue weighted by Crippen LogP contribution is -2.38. The Balaban J connectivity index is 1.24. The summed E-state index contributed by atoms with van der Waals surface area (Å²) in [6.07, 6.45) is 2.55. The maximum atomic E-state index is 12.7. The number of morpholine rings is 1. The van der Waals surface area contributed by atoms with E-state index in [9.17, 15) is 14.4 Å². The molecule has 1 aromatic heterocycles. The first kappa shape index (κ1) is 21.4. The highest BCUT2D eigenvalue weighted by molar-refractivity contribution is 6.20. The molecule has 0 bridgehead atoms. The molecular weight excluding hydrogens is 420 g/mol. The molecule has 170 valence electrons. The van der Waals surface area contributed by atoms with Crippen LogP contribution in [0.15, 0.2) is 54.7 Å². The number of rotatable bonds is 6. The Bertz CT molecular complexity index is 1180. The van der Waals surface area contributed by atoms with E-state index in [0.717, 1.165) is 50.3 Å². The molecule has 8 heteroatoms. The number of fused-ring (bicyclic) bond motifs is 1. The second-order valence-electron chi connectivity index (χ2n) is 8.36. The monoisotopic (exact) mass is 446 g/mol. The first-order chi connectivity index (χ1) is 16.1. The number of aromatic nitrogens is 1. The van der Waals surface area contributed by atoms with Gasteiger partial charge in [0.25, 0.3) is 5.91 Å². The van der Waals surface area contributed by atoms with Crippen molar-refractivity contribution in [3.05, 3.63) is 60.3 Å². The highest BCUT2D eigenvalue weighted by Crippen LogP contribution is 2.24. The number of hydrogen-bond donors (Lipinski definition) is 1. The van der Waals surface area contributed by atoms with E-state index in [-0.39, 0.29) is 30.6 Å². The minimum Gasteiger partial charge on any atom is -0.379 e. The van der Waals surface area contributed by atoms with Crippen molar-refractivity contribution < 1.29 is 19.1 Å². The molecule has 5 rings (SSSR count). The summed E-state index contributed by atoms with van der Waals surface area (Å²) in [6.45, 7) is 5.43. The Morgan fingerprint density at radius 1 is 0.909 bits per heavy atom. The largest absolute Gasteiger partial charge is 0.379 e. The number of hydrogen-bond acceptors (Lipinski definition) is 5. The fourth-order valence-corrected chi connectivity index (χ4v) is 4.38. The van der Waals surface area contributed by atoms with Gasteiger partial charge in [0.1, 0.15) is 0 Å². The minimum atomic E-state index is -0.244. The molecule has 2 aliphatic rings. The molecule has 0 saturated carbocycles. The van der Waals surface area contributed by atoms with E-state index in [1.54, 1.807) is 24.3 Å². The molecule has 1 N–H and O–H groups in total. The van der Waals surface area contributed by atoms with Crippen molar-refractivity contribution in [1.29, 1.82) is 0 Å². The third kappa shape index (κ3) is 4.53. The van der Waals surface area contributed by atoms with Crippen molar-refractivity contribution >= 4 is 40.0 Å². The van der Waals surface area contributed by atoms with Crippen molar-refractivity contribution in [2.75, 3.05) is 43.1 Å². The zero-order chi connectivity index (χ0) is 22.8. The number of nitrogens with one attached hydrogen (secondary N) is 1. The Morgan fingerprint density at radius 3 is 2.36 bits per heavy atom. The van der Waals surface area contributed by atoms with Crippen LogP contribution in [0.2, 0.25) is 0 Å². The van der Waals surface area contributed by atoms with Crippen LogP contribution in [0.5, 0.6) is 0 Å². The molecular formula is C25H26N4O4. The van der Waals surface area contributed by atoms with E-state index in [0.29, 0.717) is 16.9 Å². The lowest BCUT2D eigenvalue weighted by atomic mass is 10.1. The summed E-state index contributed by atoms with van der Waals surface area (Å²) in [6, 6.07) is 14.5. The summed E-state index contributed by atoms with van der Waals surface area (Å²) in [4.78, 5) is 40.1. The molecule has 8 nitrogen and oxygen atoms in total. The van der Waals surface area contributed by atoms with Crippen LogP contribution in [0, 0.1) is 0 Å². The molecule has 2 aliphatic heterocycles. The molecule has 0 aliphatic carbocycles. The third-order valence-electron chi connectivity index (χ3n) is 6.23. The lowest BCUT2D eigenvalue weighted by molar-refractivity contribution is -0.121. The van der Waals surface area contributed by atoms with Gasteiger partial charge >= 0.3 is 0 Å². The van der Waals surface area contributed by atoms with Gasteiger partial charge in [-0.15, -0.1) is 0 Å². The van der Waals surface area contributed by atoms with E-state index in [4.69, 9.17) is 4.74 Å². The zero-order valence-corrected chi connectivity index (χ0v) is 18.3. The molecule has 0 radical (unpaired) electrons. The summed E-state index contributed by atoms with van der Waals surface area (Å²) < 4.78 is 7.64. The quantitative estimate of drug-likeness (QED) is 0.589. The van der Waals surface area contributed by atoms with Gasteiger partial charge in [-0.1, -0.05) is 0 Å². The predicted octanol–water partition coefficient (Wildman–Crippen LogP) is 2.88. The van der Waals surface area contributed by atoms with Crippen LogP contribution in [-0.2, 0) is 20.9 Å². The lowest BCUT2D eigenvalue weighted by Gasteiger charge is -2.26. The van der Waals surface area contributed by atoms with Crippen LogP contribution in [0.25, 0.3) is 10.9 Å². The molecule has 3 heterocycles. The van der Waals surface area contributed by atoms with Crippen LogP contribution >= 0.6 is 0 Å². The van der Waals surface area contributed by atoms with Crippen LogP contribution in [0.1, 0.15) is 23.2 Å². The number of anilines is 2. The predicted molar refractivity (Wildman–Crippen MR) is 125 cm³/mol. The number of carbonyl (C=O) groups excluding carboxylic acids is 3. The maximum absolute atomic E-state index is 12.7. The van der Waals surface area contributed by atoms with Crippen LogP contribution in [0.4, 0.5) is 11.4 Å². The van der Waals surface area contributed by atoms with Gasteiger partial charge in [0.2, 0.25) is 11.8 Å². The fraction of sp³-hybridized carbons (Fsp3) is 0.320. The first-order valence-corrected chi connectivity index (χ1v) is 11.2. The van der Waals surface area contributed by atoms with Crippen LogP contribution in [0.3, 0.4) is 0 Å². The van der Waals surface area contributed by atoms with E-state index < -0.39 is 0 Å². The summed E-state index contributed by atoms with van der Waals surface area (Å²) in [5.41, 5.74) is 2.80. The molecule has 3 amide bonds. The molecule has 2 saturated heterocycles. The summed E-state index contributed by atoms with van der Waals surface area (Å²) in [5, 5.41) is 4.00. The average molecular weight is 447 g/mol. The van der Waals surface area contributed by atoms with E-state index in [2.05, 4.69) is 27.0 Å². The smallest absolute Gasteiger partial charge is 0.255 e. The van der Waals surface area contributed by atoms with E-state index in [1.165, 1.54) is 4.90 Å². The van der Waals surface area contributed by atoms with Gasteiger partial charge in [0.15, 0.2) is 0 Å². The Kier molecular flexibility index (Phi) is 5.93. The third-order valence-corrected chi connectivity index (χ3v) is 6.23. The van der Waals surface area contributed by atoms with Gasteiger partial charge in [-0.2, -0.15) is 0 Å². The van der Waals surface area contributed by atoms with Gasteiger partial charge in [-0.25, -0.2) is 0 Å². The van der Waals surface area contributed by atoms with Crippen LogP contribution in [-0.4, -0.2) is 60.0 Å². The van der Waals surface area contributed by atoms with Crippen molar-refractivity contribution in [2.24, 2.45) is 0 Å². The second kappa shape index (κ2) is 9.17. The molecule has 0 spiro atoms. The number of imide groups is 1. The molecule has 2 aromatic carbocycles. The van der Waals surface area contributed by atoms with Crippen molar-refractivity contribution in [3.8, 4) is 0 Å². The van der Waals surface area contributed by atoms with Gasteiger partial charge < -0.3 is 14.6 Å². The second-order valence-corrected chi connectivity index (χ2v) is 8.36. The Labute approximate surface area is 191 Å².